The van der Waals surface area contributed by atoms with E-state index in [0.29, 0.717) is 6.04 Å². The van der Waals surface area contributed by atoms with E-state index >= 15 is 0 Å². The van der Waals surface area contributed by atoms with Gasteiger partial charge in [0.05, 0.1) is 0 Å². The van der Waals surface area contributed by atoms with Crippen LogP contribution in [0.1, 0.15) is 39.5 Å². The Morgan fingerprint density at radius 1 is 1.24 bits per heavy atom. The van der Waals surface area contributed by atoms with Crippen LogP contribution in [-0.4, -0.2) is 48.7 Å². The number of nitrogens with zero attached hydrogens (tertiary/aromatic N) is 1. The van der Waals surface area contributed by atoms with Gasteiger partial charge in [-0.3, -0.25) is 4.79 Å². The molecule has 0 unspecified atom stereocenters. The first-order valence-corrected chi connectivity index (χ1v) is 6.63. The van der Waals surface area contributed by atoms with Crippen molar-refractivity contribution in [2.45, 2.75) is 57.2 Å². The second kappa shape index (κ2) is 4.94. The summed E-state index contributed by atoms with van der Waals surface area (Å²) in [6.45, 7) is 5.87. The van der Waals surface area contributed by atoms with Crippen molar-refractivity contribution in [3.05, 3.63) is 0 Å². The summed E-state index contributed by atoms with van der Waals surface area (Å²) >= 11 is 0. The lowest BCUT2D eigenvalue weighted by Gasteiger charge is -2.34. The van der Waals surface area contributed by atoms with E-state index in [1.807, 2.05) is 13.8 Å². The molecule has 1 aliphatic carbocycles. The minimum absolute atomic E-state index is 0.00451. The van der Waals surface area contributed by atoms with Crippen molar-refractivity contribution in [1.82, 2.24) is 10.2 Å². The van der Waals surface area contributed by atoms with Gasteiger partial charge in [-0.05, 0) is 39.5 Å². The number of carbonyl (C=O) groups is 1. The molecule has 0 aromatic carbocycles. The lowest BCUT2D eigenvalue weighted by atomic mass is 10.0. The molecule has 0 aromatic rings. The number of rotatable bonds is 4. The summed E-state index contributed by atoms with van der Waals surface area (Å²) < 4.78 is 5.19. The molecule has 0 aromatic heterocycles. The molecule has 1 saturated carbocycles. The first kappa shape index (κ1) is 12.8. The van der Waals surface area contributed by atoms with Crippen molar-refractivity contribution in [1.29, 1.82) is 0 Å². The number of amides is 1. The summed E-state index contributed by atoms with van der Waals surface area (Å²) in [6.07, 6.45) is 4.88. The van der Waals surface area contributed by atoms with Crippen molar-refractivity contribution < 1.29 is 9.53 Å². The molecule has 2 aliphatic rings. The number of hydrogen-bond acceptors (Lipinski definition) is 3. The van der Waals surface area contributed by atoms with Gasteiger partial charge in [-0.1, -0.05) is 0 Å². The molecule has 1 amide bonds. The molecule has 4 nitrogen and oxygen atoms in total. The molecule has 17 heavy (non-hydrogen) atoms. The second-order valence-electron chi connectivity index (χ2n) is 5.73. The minimum Gasteiger partial charge on any atom is -0.369 e. The van der Waals surface area contributed by atoms with Gasteiger partial charge >= 0.3 is 0 Å². The van der Waals surface area contributed by atoms with Crippen LogP contribution in [0.5, 0.6) is 0 Å². The minimum atomic E-state index is -0.715. The maximum atomic E-state index is 11.9. The number of methoxy groups -OCH3 is 1. The van der Waals surface area contributed by atoms with Crippen LogP contribution in [0.3, 0.4) is 0 Å². The van der Waals surface area contributed by atoms with Crippen molar-refractivity contribution in [2.75, 3.05) is 20.2 Å². The van der Waals surface area contributed by atoms with Gasteiger partial charge in [-0.2, -0.15) is 0 Å². The standard InChI is InChI=1S/C13H24N2O2/c1-13(2,17-3)12(16)14-10-6-8-15(9-7-10)11-4-5-11/h10-11H,4-9H2,1-3H3,(H,14,16). The molecule has 1 N–H and O–H groups in total. The van der Waals surface area contributed by atoms with E-state index in [2.05, 4.69) is 10.2 Å². The van der Waals surface area contributed by atoms with Crippen molar-refractivity contribution in [3.63, 3.8) is 0 Å². The molecule has 4 heteroatoms. The highest BCUT2D eigenvalue weighted by Gasteiger charge is 2.34. The average Bonchev–Trinajstić information content (AvgIpc) is 3.14. The Bertz CT molecular complexity index is 279. The van der Waals surface area contributed by atoms with E-state index in [9.17, 15) is 4.79 Å². The zero-order valence-corrected chi connectivity index (χ0v) is 11.2. The molecule has 2 rings (SSSR count). The first-order chi connectivity index (χ1) is 8.03. The molecule has 1 heterocycles. The van der Waals surface area contributed by atoms with Crippen LogP contribution in [0.4, 0.5) is 0 Å². The summed E-state index contributed by atoms with van der Waals surface area (Å²) in [6, 6.07) is 1.17. The summed E-state index contributed by atoms with van der Waals surface area (Å²) in [5.74, 6) is 0.00451. The summed E-state index contributed by atoms with van der Waals surface area (Å²) in [5, 5.41) is 3.10. The second-order valence-corrected chi connectivity index (χ2v) is 5.73. The van der Waals surface area contributed by atoms with Crippen LogP contribution in [0, 0.1) is 0 Å². The van der Waals surface area contributed by atoms with Gasteiger partial charge in [0.25, 0.3) is 5.91 Å². The predicted molar refractivity (Wildman–Crippen MR) is 66.8 cm³/mol. The van der Waals surface area contributed by atoms with E-state index in [-0.39, 0.29) is 5.91 Å². The lowest BCUT2D eigenvalue weighted by Crippen LogP contribution is -2.51. The van der Waals surface area contributed by atoms with Gasteiger partial charge in [0.1, 0.15) is 5.60 Å². The number of carbonyl (C=O) groups excluding carboxylic acids is 1. The van der Waals surface area contributed by atoms with Crippen LogP contribution >= 0.6 is 0 Å². The van der Waals surface area contributed by atoms with Crippen molar-refractivity contribution >= 4 is 5.91 Å². The van der Waals surface area contributed by atoms with E-state index in [4.69, 9.17) is 4.74 Å². The fraction of sp³-hybridized carbons (Fsp3) is 0.923. The largest absolute Gasteiger partial charge is 0.369 e. The van der Waals surface area contributed by atoms with Crippen LogP contribution in [0.25, 0.3) is 0 Å². The molecule has 1 aliphatic heterocycles. The average molecular weight is 240 g/mol. The molecule has 98 valence electrons. The van der Waals surface area contributed by atoms with E-state index in [1.165, 1.54) is 12.8 Å². The molecular formula is C13H24N2O2. The first-order valence-electron chi connectivity index (χ1n) is 6.63. The number of hydrogen-bond donors (Lipinski definition) is 1. The number of piperidine rings is 1. The SMILES string of the molecule is COC(C)(C)C(=O)NC1CCN(C2CC2)CC1. The Hall–Kier alpha value is -0.610. The van der Waals surface area contributed by atoms with Gasteiger partial charge < -0.3 is 15.0 Å². The van der Waals surface area contributed by atoms with Crippen molar-refractivity contribution in [3.8, 4) is 0 Å². The molecule has 2 fully saturated rings. The molecular weight excluding hydrogens is 216 g/mol. The van der Waals surface area contributed by atoms with Crippen LogP contribution in [0.15, 0.2) is 0 Å². The molecule has 0 radical (unpaired) electrons. The summed E-state index contributed by atoms with van der Waals surface area (Å²) in [4.78, 5) is 14.5. The molecule has 0 spiro atoms. The zero-order chi connectivity index (χ0) is 12.5. The van der Waals surface area contributed by atoms with Crippen LogP contribution in [0.2, 0.25) is 0 Å². The van der Waals surface area contributed by atoms with Gasteiger partial charge in [-0.25, -0.2) is 0 Å². The third kappa shape index (κ3) is 3.19. The fourth-order valence-electron chi connectivity index (χ4n) is 2.30. The van der Waals surface area contributed by atoms with Crippen LogP contribution < -0.4 is 5.32 Å². The Labute approximate surface area is 104 Å². The Morgan fingerprint density at radius 2 is 1.82 bits per heavy atom. The van der Waals surface area contributed by atoms with E-state index in [1.54, 1.807) is 7.11 Å². The topological polar surface area (TPSA) is 41.6 Å². The highest BCUT2D eigenvalue weighted by Crippen LogP contribution is 2.29. The highest BCUT2D eigenvalue weighted by atomic mass is 16.5. The monoisotopic (exact) mass is 240 g/mol. The molecule has 1 saturated heterocycles. The van der Waals surface area contributed by atoms with Gasteiger partial charge in [0, 0.05) is 32.3 Å². The lowest BCUT2D eigenvalue weighted by molar-refractivity contribution is -0.140. The van der Waals surface area contributed by atoms with E-state index < -0.39 is 5.60 Å². The van der Waals surface area contributed by atoms with Crippen LogP contribution in [-0.2, 0) is 9.53 Å². The Balaban J connectivity index is 1.75. The normalized spacial score (nSPS) is 23.7. The third-order valence-electron chi connectivity index (χ3n) is 3.99. The number of ether oxygens (including phenoxy) is 1. The highest BCUT2D eigenvalue weighted by molar-refractivity contribution is 5.84. The summed E-state index contributed by atoms with van der Waals surface area (Å²) in [5.41, 5.74) is -0.715. The Morgan fingerprint density at radius 3 is 2.29 bits per heavy atom. The quantitative estimate of drug-likeness (QED) is 0.801. The number of nitrogens with one attached hydrogen (secondary N) is 1. The fourth-order valence-corrected chi connectivity index (χ4v) is 2.30. The number of likely N-dealkylation sites (tertiary alicyclic amines) is 1. The predicted octanol–water partition coefficient (Wildman–Crippen LogP) is 1.15. The Kier molecular flexibility index (Phi) is 3.73. The molecule has 0 atom stereocenters. The van der Waals surface area contributed by atoms with Crippen molar-refractivity contribution in [2.24, 2.45) is 0 Å². The molecule has 0 bridgehead atoms. The van der Waals surface area contributed by atoms with Gasteiger partial charge in [0.15, 0.2) is 0 Å². The van der Waals surface area contributed by atoms with Gasteiger partial charge in [0.2, 0.25) is 0 Å². The smallest absolute Gasteiger partial charge is 0.251 e. The zero-order valence-electron chi connectivity index (χ0n) is 11.2. The van der Waals surface area contributed by atoms with Gasteiger partial charge in [-0.15, -0.1) is 0 Å². The third-order valence-corrected chi connectivity index (χ3v) is 3.99. The maximum Gasteiger partial charge on any atom is 0.251 e. The summed E-state index contributed by atoms with van der Waals surface area (Å²) in [7, 11) is 1.58. The maximum absolute atomic E-state index is 11.9. The van der Waals surface area contributed by atoms with E-state index in [0.717, 1.165) is 32.0 Å².